The number of hydrogen-bond donors (Lipinski definition) is 2. The first-order valence-corrected chi connectivity index (χ1v) is 8.58. The number of thiazole rings is 2. The van der Waals surface area contributed by atoms with Crippen molar-refractivity contribution in [3.05, 3.63) is 31.7 Å². The normalized spacial score (nSPS) is 11.2. The number of nitrogens with one attached hydrogen (secondary N) is 2. The van der Waals surface area contributed by atoms with Crippen molar-refractivity contribution in [1.82, 2.24) is 20.6 Å². The van der Waals surface area contributed by atoms with E-state index in [1.54, 1.807) is 22.7 Å². The molecule has 22 heavy (non-hydrogen) atoms. The van der Waals surface area contributed by atoms with Crippen molar-refractivity contribution in [3.8, 4) is 0 Å². The number of halogens is 1. The molecule has 0 amide bonds. The van der Waals surface area contributed by atoms with Crippen LogP contribution < -0.4 is 10.6 Å². The molecule has 0 bridgehead atoms. The minimum absolute atomic E-state index is 0. The average Bonchev–Trinajstić information content (AvgIpc) is 3.00. The zero-order valence-electron chi connectivity index (χ0n) is 13.3. The standard InChI is InChI=1S/C14H21N5S2.HI/c1-5-15-14(17-7-12-16-6-9(2)20-12)18-8-13-19-10(3)11(4)21-13;/h6H,5,7-8H2,1-4H3,(H2,15,17,18);1H. The van der Waals surface area contributed by atoms with Crippen LogP contribution in [0.25, 0.3) is 0 Å². The van der Waals surface area contributed by atoms with Crippen LogP contribution in [0, 0.1) is 20.8 Å². The number of nitrogens with zero attached hydrogens (tertiary/aromatic N) is 3. The van der Waals surface area contributed by atoms with Crippen LogP contribution in [-0.4, -0.2) is 22.5 Å². The van der Waals surface area contributed by atoms with Gasteiger partial charge in [0.2, 0.25) is 0 Å². The molecule has 2 rings (SSSR count). The molecule has 8 heteroatoms. The second-order valence-electron chi connectivity index (χ2n) is 4.66. The van der Waals surface area contributed by atoms with Crippen molar-refractivity contribution >= 4 is 52.6 Å². The molecule has 2 heterocycles. The first-order chi connectivity index (χ1) is 10.1. The molecule has 2 N–H and O–H groups in total. The van der Waals surface area contributed by atoms with E-state index < -0.39 is 0 Å². The third-order valence-electron chi connectivity index (χ3n) is 2.87. The zero-order valence-corrected chi connectivity index (χ0v) is 17.2. The lowest BCUT2D eigenvalue weighted by Gasteiger charge is -2.09. The van der Waals surface area contributed by atoms with E-state index in [9.17, 15) is 0 Å². The van der Waals surface area contributed by atoms with Gasteiger partial charge in [0.1, 0.15) is 10.0 Å². The van der Waals surface area contributed by atoms with Gasteiger partial charge in [-0.15, -0.1) is 46.7 Å². The molecule has 122 valence electrons. The maximum atomic E-state index is 4.56. The summed E-state index contributed by atoms with van der Waals surface area (Å²) in [5.74, 6) is 0.802. The molecule has 5 nitrogen and oxygen atoms in total. The largest absolute Gasteiger partial charge is 0.357 e. The van der Waals surface area contributed by atoms with Gasteiger partial charge in [-0.05, 0) is 27.7 Å². The van der Waals surface area contributed by atoms with Gasteiger partial charge in [0.25, 0.3) is 0 Å². The van der Waals surface area contributed by atoms with Crippen LogP contribution in [0.1, 0.15) is 32.4 Å². The van der Waals surface area contributed by atoms with Crippen LogP contribution in [0.5, 0.6) is 0 Å². The molecule has 0 aliphatic rings. The van der Waals surface area contributed by atoms with Crippen LogP contribution >= 0.6 is 46.7 Å². The Bertz CT molecular complexity index is 601. The fourth-order valence-electron chi connectivity index (χ4n) is 1.74. The number of aliphatic imine (C=N–C) groups is 1. The van der Waals surface area contributed by atoms with Gasteiger partial charge >= 0.3 is 0 Å². The molecule has 0 spiro atoms. The van der Waals surface area contributed by atoms with E-state index in [1.807, 2.05) is 13.1 Å². The van der Waals surface area contributed by atoms with Gasteiger partial charge in [-0.2, -0.15) is 0 Å². The third-order valence-corrected chi connectivity index (χ3v) is 4.84. The summed E-state index contributed by atoms with van der Waals surface area (Å²) in [5.41, 5.74) is 1.11. The third kappa shape index (κ3) is 5.81. The number of aromatic nitrogens is 2. The van der Waals surface area contributed by atoms with Gasteiger partial charge in [-0.3, -0.25) is 0 Å². The van der Waals surface area contributed by atoms with E-state index in [4.69, 9.17) is 0 Å². The summed E-state index contributed by atoms with van der Waals surface area (Å²) >= 11 is 3.41. The van der Waals surface area contributed by atoms with Crippen LogP contribution in [-0.2, 0) is 13.1 Å². The van der Waals surface area contributed by atoms with Crippen LogP contribution in [0.15, 0.2) is 11.2 Å². The van der Waals surface area contributed by atoms with E-state index in [1.165, 1.54) is 9.75 Å². The van der Waals surface area contributed by atoms with E-state index in [2.05, 4.69) is 46.4 Å². The van der Waals surface area contributed by atoms with Crippen molar-refractivity contribution in [2.75, 3.05) is 6.54 Å². The topological polar surface area (TPSA) is 62.2 Å². The molecular formula is C14H22IN5S2. The molecule has 0 radical (unpaired) electrons. The molecular weight excluding hydrogens is 429 g/mol. The fraction of sp³-hybridized carbons (Fsp3) is 0.500. The summed E-state index contributed by atoms with van der Waals surface area (Å²) in [7, 11) is 0. The zero-order chi connectivity index (χ0) is 15.2. The molecule has 0 aliphatic carbocycles. The molecule has 0 saturated heterocycles. The summed E-state index contributed by atoms with van der Waals surface area (Å²) in [4.78, 5) is 15.9. The van der Waals surface area contributed by atoms with Gasteiger partial charge in [-0.25, -0.2) is 15.0 Å². The maximum Gasteiger partial charge on any atom is 0.192 e. The van der Waals surface area contributed by atoms with Crippen molar-refractivity contribution in [2.24, 2.45) is 4.99 Å². The minimum atomic E-state index is 0. The number of rotatable bonds is 5. The van der Waals surface area contributed by atoms with E-state index in [-0.39, 0.29) is 24.0 Å². The second-order valence-corrected chi connectivity index (χ2v) is 7.27. The number of guanidine groups is 1. The van der Waals surface area contributed by atoms with E-state index in [0.29, 0.717) is 13.1 Å². The molecule has 0 aromatic carbocycles. The Kier molecular flexibility index (Phi) is 8.26. The molecule has 0 aliphatic heterocycles. The van der Waals surface area contributed by atoms with E-state index >= 15 is 0 Å². The molecule has 0 saturated carbocycles. The minimum Gasteiger partial charge on any atom is -0.357 e. The first kappa shape index (κ1) is 19.3. The molecule has 0 atom stereocenters. The number of aryl methyl sites for hydroxylation is 3. The van der Waals surface area contributed by atoms with Crippen LogP contribution in [0.2, 0.25) is 0 Å². The van der Waals surface area contributed by atoms with Crippen LogP contribution in [0.4, 0.5) is 0 Å². The molecule has 2 aromatic heterocycles. The van der Waals surface area contributed by atoms with Gasteiger partial charge < -0.3 is 10.6 Å². The molecule has 2 aromatic rings. The predicted molar refractivity (Wildman–Crippen MR) is 106 cm³/mol. The highest BCUT2D eigenvalue weighted by Gasteiger charge is 2.05. The summed E-state index contributed by atoms with van der Waals surface area (Å²) in [6.45, 7) is 10.4. The summed E-state index contributed by atoms with van der Waals surface area (Å²) in [6, 6.07) is 0. The van der Waals surface area contributed by atoms with Gasteiger partial charge in [0.15, 0.2) is 5.96 Å². The molecule has 0 unspecified atom stereocenters. The maximum absolute atomic E-state index is 4.56. The Hall–Kier alpha value is -0.740. The second kappa shape index (κ2) is 9.41. The van der Waals surface area contributed by atoms with Crippen molar-refractivity contribution in [1.29, 1.82) is 0 Å². The summed E-state index contributed by atoms with van der Waals surface area (Å²) < 4.78 is 0. The van der Waals surface area contributed by atoms with Gasteiger partial charge in [0.05, 0.1) is 18.8 Å². The lowest BCUT2D eigenvalue weighted by molar-refractivity contribution is 0.809. The fourth-order valence-corrected chi connectivity index (χ4v) is 3.32. The highest BCUT2D eigenvalue weighted by atomic mass is 127. The predicted octanol–water partition coefficient (Wildman–Crippen LogP) is 3.40. The average molecular weight is 451 g/mol. The van der Waals surface area contributed by atoms with Crippen molar-refractivity contribution in [3.63, 3.8) is 0 Å². The first-order valence-electron chi connectivity index (χ1n) is 6.95. The van der Waals surface area contributed by atoms with Gasteiger partial charge in [-0.1, -0.05) is 0 Å². The summed E-state index contributed by atoms with van der Waals surface area (Å²) in [6.07, 6.45) is 1.89. The monoisotopic (exact) mass is 451 g/mol. The smallest absolute Gasteiger partial charge is 0.192 e. The lowest BCUT2D eigenvalue weighted by atomic mass is 10.4. The Labute approximate surface area is 156 Å². The SMILES string of the molecule is CCNC(=NCc1ncc(C)s1)NCc1nc(C)c(C)s1.I. The van der Waals surface area contributed by atoms with Crippen molar-refractivity contribution < 1.29 is 0 Å². The Morgan fingerprint density at radius 1 is 1.18 bits per heavy atom. The highest BCUT2D eigenvalue weighted by molar-refractivity contribution is 14.0. The Balaban J connectivity index is 0.00000242. The van der Waals surface area contributed by atoms with Gasteiger partial charge in [0, 0.05) is 22.5 Å². The van der Waals surface area contributed by atoms with Crippen molar-refractivity contribution in [2.45, 2.75) is 40.8 Å². The quantitative estimate of drug-likeness (QED) is 0.416. The highest BCUT2D eigenvalue weighted by Crippen LogP contribution is 2.16. The Morgan fingerprint density at radius 2 is 1.95 bits per heavy atom. The van der Waals surface area contributed by atoms with E-state index in [0.717, 1.165) is 28.2 Å². The Morgan fingerprint density at radius 3 is 2.50 bits per heavy atom. The summed E-state index contributed by atoms with van der Waals surface area (Å²) in [5, 5.41) is 8.68. The molecule has 0 fully saturated rings. The lowest BCUT2D eigenvalue weighted by Crippen LogP contribution is -2.36. The van der Waals surface area contributed by atoms with Crippen LogP contribution in [0.3, 0.4) is 0 Å². The number of hydrogen-bond acceptors (Lipinski definition) is 5.